The summed E-state index contributed by atoms with van der Waals surface area (Å²) in [4.78, 5) is 33.5. The molecule has 9 nitrogen and oxygen atoms in total. The summed E-state index contributed by atoms with van der Waals surface area (Å²) in [5.41, 5.74) is 1.41. The first kappa shape index (κ1) is 20.1. The maximum absolute atomic E-state index is 12.1. The fourth-order valence-corrected chi connectivity index (χ4v) is 4.17. The normalized spacial score (nSPS) is 11.0. The number of methoxy groups -OCH3 is 1. The minimum absolute atomic E-state index is 0.112. The predicted molar refractivity (Wildman–Crippen MR) is 116 cm³/mol. The van der Waals surface area contributed by atoms with Crippen LogP contribution in [0.4, 0.5) is 0 Å². The Bertz CT molecular complexity index is 1210. The van der Waals surface area contributed by atoms with Crippen LogP contribution in [-0.4, -0.2) is 43.3 Å². The number of amides is 1. The first-order valence-corrected chi connectivity index (χ1v) is 11.0. The zero-order valence-corrected chi connectivity index (χ0v) is 17.6. The Balaban J connectivity index is 1.25. The number of nitrogens with one attached hydrogen (secondary N) is 2. The number of carbonyl (C=O) groups is 1. The highest BCUT2D eigenvalue weighted by Crippen LogP contribution is 2.19. The molecule has 0 aliphatic carbocycles. The summed E-state index contributed by atoms with van der Waals surface area (Å²) in [5, 5.41) is 11.6. The van der Waals surface area contributed by atoms with Gasteiger partial charge in [0.05, 0.1) is 25.1 Å². The van der Waals surface area contributed by atoms with Gasteiger partial charge in [0.2, 0.25) is 5.91 Å². The number of fused-ring (bicyclic) bond motifs is 1. The predicted octanol–water partition coefficient (Wildman–Crippen LogP) is 2.10. The Morgan fingerprint density at radius 1 is 1.30 bits per heavy atom. The number of rotatable bonds is 8. The van der Waals surface area contributed by atoms with Gasteiger partial charge in [0.15, 0.2) is 10.8 Å². The number of thiazole rings is 1. The van der Waals surface area contributed by atoms with Crippen LogP contribution in [0.25, 0.3) is 16.3 Å². The molecule has 0 saturated carbocycles. The second kappa shape index (κ2) is 9.09. The van der Waals surface area contributed by atoms with Gasteiger partial charge in [0.1, 0.15) is 11.6 Å². The summed E-state index contributed by atoms with van der Waals surface area (Å²) in [7, 11) is 1.61. The lowest BCUT2D eigenvalue weighted by Gasteiger charge is -2.03. The van der Waals surface area contributed by atoms with E-state index in [-0.39, 0.29) is 23.8 Å². The molecular weight excluding hydrogens is 424 g/mol. The number of ether oxygens (including phenoxy) is 1. The molecule has 4 aromatic rings. The molecule has 3 heterocycles. The lowest BCUT2D eigenvalue weighted by molar-refractivity contribution is -0.118. The third kappa shape index (κ3) is 4.69. The van der Waals surface area contributed by atoms with Crippen LogP contribution in [-0.2, 0) is 17.1 Å². The highest BCUT2D eigenvalue weighted by Gasteiger charge is 2.09. The van der Waals surface area contributed by atoms with Crippen LogP contribution >= 0.6 is 23.1 Å². The molecular formula is C19H18N6O3S2. The van der Waals surface area contributed by atoms with Gasteiger partial charge < -0.3 is 10.1 Å². The third-order valence-corrected chi connectivity index (χ3v) is 5.90. The van der Waals surface area contributed by atoms with E-state index in [1.807, 2.05) is 29.6 Å². The Morgan fingerprint density at radius 2 is 2.13 bits per heavy atom. The maximum atomic E-state index is 12.1. The van der Waals surface area contributed by atoms with Crippen LogP contribution < -0.4 is 15.6 Å². The molecule has 1 amide bonds. The number of carbonyl (C=O) groups excluding carboxylic acids is 1. The molecule has 154 valence electrons. The first-order chi connectivity index (χ1) is 14.6. The van der Waals surface area contributed by atoms with Gasteiger partial charge in [-0.3, -0.25) is 19.1 Å². The van der Waals surface area contributed by atoms with Crippen LogP contribution in [0.2, 0.25) is 0 Å². The number of H-pyrrole nitrogens is 1. The van der Waals surface area contributed by atoms with Gasteiger partial charge in [0.25, 0.3) is 5.56 Å². The van der Waals surface area contributed by atoms with Gasteiger partial charge in [-0.1, -0.05) is 0 Å². The highest BCUT2D eigenvalue weighted by atomic mass is 32.2. The summed E-state index contributed by atoms with van der Waals surface area (Å²) in [6, 6.07) is 8.91. The Morgan fingerprint density at radius 3 is 2.93 bits per heavy atom. The van der Waals surface area contributed by atoms with Crippen LogP contribution in [0, 0.1) is 0 Å². The Labute approximate surface area is 179 Å². The second-order valence-corrected chi connectivity index (χ2v) is 8.10. The van der Waals surface area contributed by atoms with E-state index in [9.17, 15) is 9.59 Å². The second-order valence-electron chi connectivity index (χ2n) is 6.25. The molecule has 0 fully saturated rings. The molecule has 3 aromatic heterocycles. The van der Waals surface area contributed by atoms with Crippen molar-refractivity contribution in [3.63, 3.8) is 0 Å². The molecule has 0 spiro atoms. The molecule has 4 rings (SSSR count). The zero-order valence-electron chi connectivity index (χ0n) is 16.0. The van der Waals surface area contributed by atoms with Crippen molar-refractivity contribution in [3.8, 4) is 17.1 Å². The van der Waals surface area contributed by atoms with E-state index in [4.69, 9.17) is 4.74 Å². The molecule has 0 radical (unpaired) electrons. The number of aromatic nitrogens is 5. The largest absolute Gasteiger partial charge is 0.497 e. The molecule has 0 saturated heterocycles. The highest BCUT2D eigenvalue weighted by molar-refractivity contribution is 7.99. The van der Waals surface area contributed by atoms with Crippen LogP contribution in [0.3, 0.4) is 0 Å². The van der Waals surface area contributed by atoms with E-state index in [0.29, 0.717) is 28.1 Å². The zero-order chi connectivity index (χ0) is 20.9. The van der Waals surface area contributed by atoms with Crippen LogP contribution in [0.1, 0.15) is 11.5 Å². The van der Waals surface area contributed by atoms with Crippen molar-refractivity contribution in [1.82, 2.24) is 29.9 Å². The molecule has 0 aliphatic rings. The van der Waals surface area contributed by atoms with Crippen molar-refractivity contribution in [1.29, 1.82) is 0 Å². The van der Waals surface area contributed by atoms with E-state index >= 15 is 0 Å². The van der Waals surface area contributed by atoms with Crippen molar-refractivity contribution in [3.05, 3.63) is 63.8 Å². The number of hydrogen-bond acceptors (Lipinski definition) is 8. The number of hydrogen-bond donors (Lipinski definition) is 2. The number of aromatic amines is 1. The van der Waals surface area contributed by atoms with Crippen molar-refractivity contribution >= 4 is 34.0 Å². The van der Waals surface area contributed by atoms with Crippen molar-refractivity contribution in [2.45, 2.75) is 12.3 Å². The molecule has 0 atom stereocenters. The molecule has 11 heteroatoms. The topological polar surface area (TPSA) is 114 Å². The van der Waals surface area contributed by atoms with Crippen molar-refractivity contribution in [2.75, 3.05) is 12.9 Å². The van der Waals surface area contributed by atoms with Gasteiger partial charge in [-0.2, -0.15) is 5.10 Å². The average molecular weight is 443 g/mol. The Hall–Kier alpha value is -3.18. The van der Waals surface area contributed by atoms with Gasteiger partial charge >= 0.3 is 0 Å². The first-order valence-electron chi connectivity index (χ1n) is 8.98. The molecule has 0 bridgehead atoms. The number of thioether (sulfide) groups is 1. The average Bonchev–Trinajstić information content (AvgIpc) is 3.42. The van der Waals surface area contributed by atoms with Crippen LogP contribution in [0.5, 0.6) is 5.75 Å². The summed E-state index contributed by atoms with van der Waals surface area (Å²) in [6.45, 7) is 0.253. The van der Waals surface area contributed by atoms with Gasteiger partial charge in [-0.05, 0) is 24.3 Å². The molecule has 0 unspecified atom stereocenters. The minimum atomic E-state index is -0.128. The molecule has 30 heavy (non-hydrogen) atoms. The molecule has 2 N–H and O–H groups in total. The number of benzene rings is 1. The Kier molecular flexibility index (Phi) is 6.10. The lowest BCUT2D eigenvalue weighted by Crippen LogP contribution is -2.25. The molecule has 1 aromatic carbocycles. The van der Waals surface area contributed by atoms with E-state index in [1.165, 1.54) is 33.6 Å². The standard InChI is InChI=1S/C19H18N6O3S2/c1-28-14-4-2-12(3-5-14)18-22-15(23-24-18)9-20-16(26)11-29-10-13-8-17(27)25-6-7-30-19(25)21-13/h2-8H,9-11H2,1H3,(H,20,26)(H,22,23,24). The number of nitrogens with zero attached hydrogens (tertiary/aromatic N) is 4. The van der Waals surface area contributed by atoms with Crippen LogP contribution in [0.15, 0.2) is 46.7 Å². The summed E-state index contributed by atoms with van der Waals surface area (Å²) in [5.74, 6) is 2.49. The SMILES string of the molecule is COc1ccc(-c2n[nH]c(CNC(=O)CSCc3cc(=O)n4ccsc4n3)n2)cc1. The smallest absolute Gasteiger partial charge is 0.258 e. The molecule has 0 aliphatic heterocycles. The van der Waals surface area contributed by atoms with Gasteiger partial charge in [-0.25, -0.2) is 9.97 Å². The fourth-order valence-electron chi connectivity index (χ4n) is 2.69. The summed E-state index contributed by atoms with van der Waals surface area (Å²) in [6.07, 6.45) is 1.70. The quantitative estimate of drug-likeness (QED) is 0.429. The monoisotopic (exact) mass is 442 g/mol. The third-order valence-electron chi connectivity index (χ3n) is 4.17. The lowest BCUT2D eigenvalue weighted by atomic mass is 10.2. The van der Waals surface area contributed by atoms with E-state index in [1.54, 1.807) is 13.3 Å². The minimum Gasteiger partial charge on any atom is -0.497 e. The van der Waals surface area contributed by atoms with Gasteiger partial charge in [-0.15, -0.1) is 23.1 Å². The van der Waals surface area contributed by atoms with Crippen molar-refractivity contribution < 1.29 is 9.53 Å². The summed E-state index contributed by atoms with van der Waals surface area (Å²) >= 11 is 2.80. The van der Waals surface area contributed by atoms with E-state index in [2.05, 4.69) is 25.5 Å². The maximum Gasteiger partial charge on any atom is 0.258 e. The van der Waals surface area contributed by atoms with E-state index in [0.717, 1.165) is 11.3 Å². The van der Waals surface area contributed by atoms with Crippen molar-refractivity contribution in [2.24, 2.45) is 0 Å². The van der Waals surface area contributed by atoms with Gasteiger partial charge in [0, 0.05) is 29.0 Å². The van der Waals surface area contributed by atoms with E-state index < -0.39 is 0 Å². The summed E-state index contributed by atoms with van der Waals surface area (Å²) < 4.78 is 6.64. The fraction of sp³-hybridized carbons (Fsp3) is 0.211.